The zero-order chi connectivity index (χ0) is 24.3. The molecule has 4 aromatic rings. The highest BCUT2D eigenvalue weighted by Gasteiger charge is 2.21. The summed E-state index contributed by atoms with van der Waals surface area (Å²) in [5, 5.41) is 23.4. The molecular weight excluding hydrogens is 466 g/mol. The lowest BCUT2D eigenvalue weighted by molar-refractivity contribution is 0.433. The minimum Gasteiger partial charge on any atom is -0.368 e. The lowest BCUT2D eigenvalue weighted by Crippen LogP contribution is -2.28. The van der Waals surface area contributed by atoms with E-state index in [2.05, 4.69) is 20.4 Å². The fraction of sp³-hybridized carbons (Fsp3) is 0.0455. The quantitative estimate of drug-likeness (QED) is 0.429. The Hall–Kier alpha value is -4.34. The normalized spacial score (nSPS) is 11.1. The molecule has 1 aromatic heterocycles. The molecule has 0 saturated carbocycles. The summed E-state index contributed by atoms with van der Waals surface area (Å²) in [5.41, 5.74) is 2.29. The number of benzene rings is 3. The molecule has 0 saturated heterocycles. The van der Waals surface area contributed by atoms with Crippen LogP contribution in [0, 0.1) is 23.0 Å². The Morgan fingerprint density at radius 1 is 1.03 bits per heavy atom. The first-order chi connectivity index (χ1) is 16.3. The number of aromatic nitrogens is 3. The van der Waals surface area contributed by atoms with Crippen molar-refractivity contribution < 1.29 is 21.4 Å². The second-order valence-electron chi connectivity index (χ2n) is 7.03. The van der Waals surface area contributed by atoms with Gasteiger partial charge in [-0.15, -0.1) is 10.2 Å². The van der Waals surface area contributed by atoms with Gasteiger partial charge < -0.3 is 4.18 Å². The molecule has 0 bridgehead atoms. The standard InChI is InChI=1S/C22H16F2N6O3S/c23-21-17(7-9-20(22(21)24)33-34(26,31)32)12-30(29-13-27-28-14-29)18-8-6-16(11-25)19(10-18)15-4-2-1-3-5-15/h1-10,13-14H,12H2,(H2,26,31,32). The van der Waals surface area contributed by atoms with E-state index in [0.717, 1.165) is 11.6 Å². The molecule has 9 nitrogen and oxygen atoms in total. The van der Waals surface area contributed by atoms with Gasteiger partial charge in [-0.25, -0.2) is 9.07 Å². The Morgan fingerprint density at radius 2 is 1.74 bits per heavy atom. The van der Waals surface area contributed by atoms with Crippen LogP contribution in [0.1, 0.15) is 11.1 Å². The molecule has 0 radical (unpaired) electrons. The number of rotatable bonds is 7. The molecule has 3 aromatic carbocycles. The summed E-state index contributed by atoms with van der Waals surface area (Å²) < 4.78 is 57.2. The van der Waals surface area contributed by atoms with Gasteiger partial charge in [0.25, 0.3) is 0 Å². The number of nitriles is 1. The van der Waals surface area contributed by atoms with E-state index in [-0.39, 0.29) is 12.1 Å². The highest BCUT2D eigenvalue weighted by atomic mass is 32.2. The van der Waals surface area contributed by atoms with Gasteiger partial charge in [0.2, 0.25) is 5.82 Å². The van der Waals surface area contributed by atoms with Crippen LogP contribution in [0.5, 0.6) is 5.75 Å². The average Bonchev–Trinajstić information content (AvgIpc) is 3.36. The lowest BCUT2D eigenvalue weighted by Gasteiger charge is -2.26. The predicted octanol–water partition coefficient (Wildman–Crippen LogP) is 3.15. The van der Waals surface area contributed by atoms with Gasteiger partial charge in [0.05, 0.1) is 23.9 Å². The van der Waals surface area contributed by atoms with Gasteiger partial charge in [0, 0.05) is 11.1 Å². The van der Waals surface area contributed by atoms with Crippen LogP contribution in [0.2, 0.25) is 0 Å². The molecule has 0 aliphatic heterocycles. The van der Waals surface area contributed by atoms with Crippen LogP contribution in [0.15, 0.2) is 73.3 Å². The van der Waals surface area contributed by atoms with Crippen LogP contribution in [0.3, 0.4) is 0 Å². The summed E-state index contributed by atoms with van der Waals surface area (Å²) in [6.45, 7) is -0.198. The maximum Gasteiger partial charge on any atom is 0.380 e. The number of nitrogens with zero attached hydrogens (tertiary/aromatic N) is 5. The smallest absolute Gasteiger partial charge is 0.368 e. The van der Waals surface area contributed by atoms with Crippen molar-refractivity contribution in [2.45, 2.75) is 6.54 Å². The Labute approximate surface area is 193 Å². The molecule has 0 fully saturated rings. The highest BCUT2D eigenvalue weighted by Crippen LogP contribution is 2.31. The Balaban J connectivity index is 1.77. The molecule has 0 aliphatic rings. The lowest BCUT2D eigenvalue weighted by atomic mass is 9.99. The zero-order valence-corrected chi connectivity index (χ0v) is 18.2. The minimum atomic E-state index is -4.53. The summed E-state index contributed by atoms with van der Waals surface area (Å²) in [5.74, 6) is -3.67. The van der Waals surface area contributed by atoms with Crippen molar-refractivity contribution in [2.75, 3.05) is 5.01 Å². The van der Waals surface area contributed by atoms with Gasteiger partial charge in [-0.05, 0) is 29.8 Å². The second kappa shape index (κ2) is 9.26. The van der Waals surface area contributed by atoms with Crippen LogP contribution < -0.4 is 14.3 Å². The van der Waals surface area contributed by atoms with Crippen LogP contribution in [0.4, 0.5) is 14.5 Å². The van der Waals surface area contributed by atoms with E-state index in [1.807, 2.05) is 30.3 Å². The van der Waals surface area contributed by atoms with Crippen molar-refractivity contribution in [3.05, 3.63) is 96.1 Å². The molecule has 0 amide bonds. The van der Waals surface area contributed by atoms with Gasteiger partial charge in [0.15, 0.2) is 11.6 Å². The van der Waals surface area contributed by atoms with Crippen molar-refractivity contribution in [1.29, 1.82) is 5.26 Å². The van der Waals surface area contributed by atoms with Crippen LogP contribution in [0.25, 0.3) is 11.1 Å². The topological polar surface area (TPSA) is 127 Å². The average molecular weight is 482 g/mol. The molecule has 1 heterocycles. The maximum atomic E-state index is 14.8. The van der Waals surface area contributed by atoms with E-state index in [4.69, 9.17) is 5.14 Å². The number of anilines is 1. The molecule has 34 heavy (non-hydrogen) atoms. The van der Waals surface area contributed by atoms with E-state index in [9.17, 15) is 22.5 Å². The summed E-state index contributed by atoms with van der Waals surface area (Å²) in [7, 11) is -4.53. The monoisotopic (exact) mass is 482 g/mol. The zero-order valence-electron chi connectivity index (χ0n) is 17.3. The van der Waals surface area contributed by atoms with Crippen LogP contribution in [-0.2, 0) is 16.8 Å². The molecule has 4 rings (SSSR count). The molecule has 12 heteroatoms. The maximum absolute atomic E-state index is 14.8. The van der Waals surface area contributed by atoms with Gasteiger partial charge in [-0.1, -0.05) is 36.4 Å². The van der Waals surface area contributed by atoms with E-state index in [1.165, 1.54) is 23.4 Å². The third-order valence-electron chi connectivity index (χ3n) is 4.84. The van der Waals surface area contributed by atoms with Crippen molar-refractivity contribution in [1.82, 2.24) is 14.9 Å². The highest BCUT2D eigenvalue weighted by molar-refractivity contribution is 7.84. The predicted molar refractivity (Wildman–Crippen MR) is 118 cm³/mol. The van der Waals surface area contributed by atoms with E-state index in [0.29, 0.717) is 16.8 Å². The molecule has 0 unspecified atom stereocenters. The molecule has 0 atom stereocenters. The van der Waals surface area contributed by atoms with Gasteiger partial charge in [-0.2, -0.15) is 23.2 Å². The number of hydrogen-bond acceptors (Lipinski definition) is 7. The number of halogens is 2. The number of hydrogen-bond donors (Lipinski definition) is 1. The van der Waals surface area contributed by atoms with Crippen LogP contribution >= 0.6 is 0 Å². The summed E-state index contributed by atoms with van der Waals surface area (Å²) in [6.07, 6.45) is 2.74. The van der Waals surface area contributed by atoms with Crippen molar-refractivity contribution >= 4 is 16.0 Å². The van der Waals surface area contributed by atoms with E-state index >= 15 is 0 Å². The third-order valence-corrected chi connectivity index (χ3v) is 5.26. The fourth-order valence-electron chi connectivity index (χ4n) is 3.32. The number of nitrogens with two attached hydrogens (primary N) is 1. The molecule has 0 aliphatic carbocycles. The Bertz CT molecular complexity index is 1470. The largest absolute Gasteiger partial charge is 0.380 e. The Morgan fingerprint density at radius 3 is 2.38 bits per heavy atom. The Kier molecular flexibility index (Phi) is 6.22. The molecule has 172 valence electrons. The van der Waals surface area contributed by atoms with Crippen molar-refractivity contribution in [3.8, 4) is 22.9 Å². The third kappa shape index (κ3) is 4.85. The van der Waals surface area contributed by atoms with Crippen molar-refractivity contribution in [3.63, 3.8) is 0 Å². The first kappa shape index (κ1) is 22.8. The molecule has 0 spiro atoms. The molecular formula is C22H16F2N6O3S. The SMILES string of the molecule is N#Cc1ccc(N(Cc2ccc(OS(N)(=O)=O)c(F)c2F)n2cnnc2)cc1-c1ccccc1. The second-order valence-corrected chi connectivity index (χ2v) is 8.19. The van der Waals surface area contributed by atoms with E-state index in [1.54, 1.807) is 23.2 Å². The van der Waals surface area contributed by atoms with E-state index < -0.39 is 27.7 Å². The van der Waals surface area contributed by atoms with Crippen LogP contribution in [-0.4, -0.2) is 23.3 Å². The summed E-state index contributed by atoms with van der Waals surface area (Å²) in [6, 6.07) is 18.5. The fourth-order valence-corrected chi connectivity index (χ4v) is 3.70. The summed E-state index contributed by atoms with van der Waals surface area (Å²) in [4.78, 5) is 0. The van der Waals surface area contributed by atoms with Gasteiger partial charge >= 0.3 is 10.3 Å². The van der Waals surface area contributed by atoms with Crippen molar-refractivity contribution in [2.24, 2.45) is 5.14 Å². The first-order valence-corrected chi connectivity index (χ1v) is 11.1. The first-order valence-electron chi connectivity index (χ1n) is 9.68. The summed E-state index contributed by atoms with van der Waals surface area (Å²) >= 11 is 0. The molecule has 2 N–H and O–H groups in total. The minimum absolute atomic E-state index is 0.112. The van der Waals surface area contributed by atoms with Gasteiger partial charge in [0.1, 0.15) is 12.7 Å². The van der Waals surface area contributed by atoms with Gasteiger partial charge in [-0.3, -0.25) is 5.01 Å².